The number of carbonyl (C=O) groups excluding carboxylic acids is 1. The fourth-order valence-electron chi connectivity index (χ4n) is 3.52. The molecule has 1 aromatic carbocycles. The SMILES string of the molecule is COc1ccc(F)c(C(=O)N2CCC3(CCCN3)C2)c1OC. The first-order valence-corrected chi connectivity index (χ1v) is 7.55. The molecule has 1 aromatic rings. The van der Waals surface area contributed by atoms with Crippen LogP contribution >= 0.6 is 0 Å². The van der Waals surface area contributed by atoms with E-state index in [-0.39, 0.29) is 22.8 Å². The molecule has 2 aliphatic heterocycles. The minimum absolute atomic E-state index is 0.0121. The molecule has 22 heavy (non-hydrogen) atoms. The molecule has 1 atom stereocenters. The molecule has 0 aliphatic carbocycles. The minimum atomic E-state index is -0.581. The quantitative estimate of drug-likeness (QED) is 0.925. The number of rotatable bonds is 3. The van der Waals surface area contributed by atoms with Gasteiger partial charge in [-0.15, -0.1) is 0 Å². The molecule has 1 N–H and O–H groups in total. The Balaban J connectivity index is 1.89. The summed E-state index contributed by atoms with van der Waals surface area (Å²) in [6, 6.07) is 2.71. The summed E-state index contributed by atoms with van der Waals surface area (Å²) in [6.07, 6.45) is 3.10. The maximum absolute atomic E-state index is 14.2. The Morgan fingerprint density at radius 3 is 2.77 bits per heavy atom. The average molecular weight is 308 g/mol. The second-order valence-electron chi connectivity index (χ2n) is 5.95. The van der Waals surface area contributed by atoms with E-state index in [1.807, 2.05) is 0 Å². The molecule has 120 valence electrons. The number of methoxy groups -OCH3 is 2. The number of hydrogen-bond donors (Lipinski definition) is 1. The lowest BCUT2D eigenvalue weighted by Crippen LogP contribution is -2.43. The van der Waals surface area contributed by atoms with Crippen LogP contribution in [-0.4, -0.2) is 50.2 Å². The van der Waals surface area contributed by atoms with Crippen LogP contribution in [-0.2, 0) is 0 Å². The van der Waals surface area contributed by atoms with E-state index in [2.05, 4.69) is 5.32 Å². The van der Waals surface area contributed by atoms with Crippen molar-refractivity contribution >= 4 is 5.91 Å². The summed E-state index contributed by atoms with van der Waals surface area (Å²) in [4.78, 5) is 14.5. The van der Waals surface area contributed by atoms with Crippen molar-refractivity contribution in [3.05, 3.63) is 23.5 Å². The summed E-state index contributed by atoms with van der Waals surface area (Å²) in [7, 11) is 2.88. The molecular formula is C16H21FN2O3. The first-order chi connectivity index (χ1) is 10.6. The van der Waals surface area contributed by atoms with Crippen LogP contribution in [0.3, 0.4) is 0 Å². The second kappa shape index (κ2) is 5.76. The predicted octanol–water partition coefficient (Wildman–Crippen LogP) is 1.81. The highest BCUT2D eigenvalue weighted by Gasteiger charge is 2.42. The standard InChI is InChI=1S/C16H21FN2O3/c1-21-12-5-4-11(17)13(14(12)22-2)15(20)19-9-7-16(10-19)6-3-8-18-16/h4-5,18H,3,6-10H2,1-2H3. The Labute approximate surface area is 129 Å². The molecule has 1 amide bonds. The number of hydrogen-bond acceptors (Lipinski definition) is 4. The van der Waals surface area contributed by atoms with Crippen LogP contribution < -0.4 is 14.8 Å². The van der Waals surface area contributed by atoms with Gasteiger partial charge in [0.25, 0.3) is 5.91 Å². The monoisotopic (exact) mass is 308 g/mol. The molecule has 1 spiro atoms. The highest BCUT2D eigenvalue weighted by molar-refractivity contribution is 5.98. The Morgan fingerprint density at radius 2 is 2.14 bits per heavy atom. The molecule has 2 saturated heterocycles. The number of nitrogens with zero attached hydrogens (tertiary/aromatic N) is 1. The van der Waals surface area contributed by atoms with Gasteiger partial charge >= 0.3 is 0 Å². The molecular weight excluding hydrogens is 287 g/mol. The van der Waals surface area contributed by atoms with Crippen molar-refractivity contribution in [2.45, 2.75) is 24.8 Å². The molecule has 0 bridgehead atoms. The van der Waals surface area contributed by atoms with Crippen molar-refractivity contribution in [1.82, 2.24) is 10.2 Å². The summed E-state index contributed by atoms with van der Waals surface area (Å²) < 4.78 is 24.6. The Hall–Kier alpha value is -1.82. The molecule has 0 radical (unpaired) electrons. The van der Waals surface area contributed by atoms with Gasteiger partial charge in [0.1, 0.15) is 11.4 Å². The topological polar surface area (TPSA) is 50.8 Å². The summed E-state index contributed by atoms with van der Waals surface area (Å²) in [5, 5.41) is 3.49. The fraction of sp³-hybridized carbons (Fsp3) is 0.562. The van der Waals surface area contributed by atoms with Crippen LogP contribution in [0.1, 0.15) is 29.6 Å². The zero-order valence-electron chi connectivity index (χ0n) is 12.9. The van der Waals surface area contributed by atoms with Gasteiger partial charge in [-0.1, -0.05) is 0 Å². The van der Waals surface area contributed by atoms with E-state index in [9.17, 15) is 9.18 Å². The normalized spacial score (nSPS) is 24.0. The molecule has 6 heteroatoms. The van der Waals surface area contributed by atoms with Crippen LogP contribution in [0.15, 0.2) is 12.1 Å². The van der Waals surface area contributed by atoms with E-state index in [4.69, 9.17) is 9.47 Å². The molecule has 1 unspecified atom stereocenters. The van der Waals surface area contributed by atoms with Gasteiger partial charge in [-0.3, -0.25) is 4.79 Å². The number of carbonyl (C=O) groups is 1. The Bertz CT molecular complexity index is 585. The van der Waals surface area contributed by atoms with Crippen LogP contribution in [0.25, 0.3) is 0 Å². The average Bonchev–Trinajstić information content (AvgIpc) is 3.16. The van der Waals surface area contributed by atoms with Crippen molar-refractivity contribution in [3.8, 4) is 11.5 Å². The lowest BCUT2D eigenvalue weighted by molar-refractivity contribution is 0.0772. The van der Waals surface area contributed by atoms with E-state index in [0.717, 1.165) is 25.8 Å². The fourth-order valence-corrected chi connectivity index (χ4v) is 3.52. The number of likely N-dealkylation sites (tertiary alicyclic amines) is 1. The van der Waals surface area contributed by atoms with E-state index in [0.29, 0.717) is 18.8 Å². The van der Waals surface area contributed by atoms with Crippen molar-refractivity contribution in [2.24, 2.45) is 0 Å². The number of halogens is 1. The van der Waals surface area contributed by atoms with Crippen molar-refractivity contribution < 1.29 is 18.7 Å². The molecule has 3 rings (SSSR count). The van der Waals surface area contributed by atoms with Gasteiger partial charge in [-0.25, -0.2) is 4.39 Å². The van der Waals surface area contributed by atoms with E-state index < -0.39 is 5.82 Å². The zero-order chi connectivity index (χ0) is 15.7. The van der Waals surface area contributed by atoms with Crippen LogP contribution in [0, 0.1) is 5.82 Å². The van der Waals surface area contributed by atoms with Crippen LogP contribution in [0.5, 0.6) is 11.5 Å². The number of benzene rings is 1. The Kier molecular flexibility index (Phi) is 3.95. The highest BCUT2D eigenvalue weighted by Crippen LogP contribution is 2.36. The molecule has 2 fully saturated rings. The van der Waals surface area contributed by atoms with Gasteiger partial charge in [0.2, 0.25) is 0 Å². The summed E-state index contributed by atoms with van der Waals surface area (Å²) in [5.41, 5.74) is -0.0324. The molecule has 0 saturated carbocycles. The number of ether oxygens (including phenoxy) is 2. The number of amides is 1. The van der Waals surface area contributed by atoms with Gasteiger partial charge in [0.05, 0.1) is 14.2 Å². The van der Waals surface area contributed by atoms with Crippen molar-refractivity contribution in [2.75, 3.05) is 33.9 Å². The maximum atomic E-state index is 14.2. The van der Waals surface area contributed by atoms with Crippen molar-refractivity contribution in [3.63, 3.8) is 0 Å². The number of nitrogens with one attached hydrogen (secondary N) is 1. The van der Waals surface area contributed by atoms with E-state index >= 15 is 0 Å². The second-order valence-corrected chi connectivity index (χ2v) is 5.95. The molecule has 2 heterocycles. The lowest BCUT2D eigenvalue weighted by atomic mass is 9.97. The predicted molar refractivity (Wildman–Crippen MR) is 80.0 cm³/mol. The van der Waals surface area contributed by atoms with Crippen molar-refractivity contribution in [1.29, 1.82) is 0 Å². The third-order valence-corrected chi connectivity index (χ3v) is 4.68. The molecule has 5 nitrogen and oxygen atoms in total. The Morgan fingerprint density at radius 1 is 1.32 bits per heavy atom. The third-order valence-electron chi connectivity index (χ3n) is 4.68. The maximum Gasteiger partial charge on any atom is 0.260 e. The van der Waals surface area contributed by atoms with E-state index in [1.54, 1.807) is 4.90 Å². The first kappa shape index (κ1) is 15.1. The first-order valence-electron chi connectivity index (χ1n) is 7.55. The van der Waals surface area contributed by atoms with Crippen LogP contribution in [0.2, 0.25) is 0 Å². The largest absolute Gasteiger partial charge is 0.493 e. The summed E-state index contributed by atoms with van der Waals surface area (Å²) in [5.74, 6) is -0.394. The van der Waals surface area contributed by atoms with Gasteiger partial charge in [0.15, 0.2) is 11.5 Å². The third kappa shape index (κ3) is 2.41. The summed E-state index contributed by atoms with van der Waals surface area (Å²) in [6.45, 7) is 2.23. The zero-order valence-corrected chi connectivity index (χ0v) is 12.9. The smallest absolute Gasteiger partial charge is 0.260 e. The van der Waals surface area contributed by atoms with Gasteiger partial charge in [0, 0.05) is 18.6 Å². The van der Waals surface area contributed by atoms with Gasteiger partial charge < -0.3 is 19.7 Å². The lowest BCUT2D eigenvalue weighted by Gasteiger charge is -2.25. The van der Waals surface area contributed by atoms with Crippen LogP contribution in [0.4, 0.5) is 4.39 Å². The van der Waals surface area contributed by atoms with E-state index in [1.165, 1.54) is 26.4 Å². The minimum Gasteiger partial charge on any atom is -0.493 e. The molecule has 0 aromatic heterocycles. The highest BCUT2D eigenvalue weighted by atomic mass is 19.1. The molecule has 2 aliphatic rings. The summed E-state index contributed by atoms with van der Waals surface area (Å²) >= 11 is 0. The van der Waals surface area contributed by atoms with Gasteiger partial charge in [-0.2, -0.15) is 0 Å². The van der Waals surface area contributed by atoms with Gasteiger partial charge in [-0.05, 0) is 37.9 Å².